The Labute approximate surface area is 123 Å². The van der Waals surface area contributed by atoms with Crippen molar-refractivity contribution in [3.8, 4) is 21.3 Å². The van der Waals surface area contributed by atoms with Crippen LogP contribution in [0, 0.1) is 4.77 Å². The molecule has 3 aromatic rings. The van der Waals surface area contributed by atoms with Crippen LogP contribution in [-0.2, 0) is 7.05 Å². The second kappa shape index (κ2) is 4.88. The van der Waals surface area contributed by atoms with Crippen molar-refractivity contribution in [2.75, 3.05) is 0 Å². The lowest BCUT2D eigenvalue weighted by atomic mass is 10.2. The van der Waals surface area contributed by atoms with Crippen LogP contribution in [0.1, 0.15) is 0 Å². The van der Waals surface area contributed by atoms with E-state index in [-0.39, 0.29) is 0 Å². The van der Waals surface area contributed by atoms with Gasteiger partial charge in [-0.3, -0.25) is 5.10 Å². The van der Waals surface area contributed by atoms with Crippen molar-refractivity contribution >= 4 is 35.2 Å². The normalized spacial score (nSPS) is 10.8. The molecule has 0 radical (unpaired) electrons. The number of nitrogens with one attached hydrogen (secondary N) is 1. The minimum Gasteiger partial charge on any atom is -0.303 e. The molecule has 0 spiro atoms. The third-order valence-corrected chi connectivity index (χ3v) is 4.36. The van der Waals surface area contributed by atoms with Gasteiger partial charge in [-0.15, -0.1) is 11.3 Å². The van der Waals surface area contributed by atoms with Gasteiger partial charge in [-0.25, -0.2) is 4.98 Å². The van der Waals surface area contributed by atoms with Crippen molar-refractivity contribution in [1.82, 2.24) is 19.7 Å². The highest BCUT2D eigenvalue weighted by molar-refractivity contribution is 7.71. The number of H-pyrrole nitrogens is 1. The summed E-state index contributed by atoms with van der Waals surface area (Å²) in [6.45, 7) is 0. The Morgan fingerprint density at radius 2 is 2.05 bits per heavy atom. The van der Waals surface area contributed by atoms with Crippen molar-refractivity contribution in [2.45, 2.75) is 0 Å². The molecular formula is C12H9ClN4S2. The van der Waals surface area contributed by atoms with Gasteiger partial charge >= 0.3 is 0 Å². The van der Waals surface area contributed by atoms with Crippen LogP contribution in [0.4, 0.5) is 0 Å². The molecule has 0 saturated heterocycles. The first-order chi connectivity index (χ1) is 9.15. The van der Waals surface area contributed by atoms with Gasteiger partial charge in [-0.1, -0.05) is 23.7 Å². The zero-order valence-electron chi connectivity index (χ0n) is 9.92. The molecule has 3 rings (SSSR count). The third kappa shape index (κ3) is 2.34. The summed E-state index contributed by atoms with van der Waals surface area (Å²) < 4.78 is 2.42. The van der Waals surface area contributed by atoms with Crippen LogP contribution in [-0.4, -0.2) is 19.7 Å². The molecule has 0 aliphatic rings. The van der Waals surface area contributed by atoms with Gasteiger partial charge < -0.3 is 4.57 Å². The standard InChI is InChI=1S/C12H9ClN4S2/c1-17-10(15-16-12(17)18)9-6-14-11(19-9)7-2-4-8(13)5-3-7/h2-6H,1H3,(H,16,18). The molecule has 2 aromatic heterocycles. The van der Waals surface area contributed by atoms with E-state index in [2.05, 4.69) is 15.2 Å². The van der Waals surface area contributed by atoms with Crippen LogP contribution >= 0.6 is 35.2 Å². The Balaban J connectivity index is 2.02. The van der Waals surface area contributed by atoms with Gasteiger partial charge in [0.2, 0.25) is 0 Å². The molecule has 2 heterocycles. The number of rotatable bonds is 2. The third-order valence-electron chi connectivity index (χ3n) is 2.70. The van der Waals surface area contributed by atoms with Crippen molar-refractivity contribution < 1.29 is 0 Å². The molecular weight excluding hydrogens is 300 g/mol. The summed E-state index contributed by atoms with van der Waals surface area (Å²) in [5, 5.41) is 8.62. The van der Waals surface area contributed by atoms with Gasteiger partial charge in [0.05, 0.1) is 4.88 Å². The molecule has 19 heavy (non-hydrogen) atoms. The van der Waals surface area contributed by atoms with E-state index in [9.17, 15) is 0 Å². The maximum atomic E-state index is 5.88. The fraction of sp³-hybridized carbons (Fsp3) is 0.0833. The maximum Gasteiger partial charge on any atom is 0.195 e. The SMILES string of the molecule is Cn1c(-c2cnc(-c3ccc(Cl)cc3)s2)n[nH]c1=S. The maximum absolute atomic E-state index is 5.88. The summed E-state index contributed by atoms with van der Waals surface area (Å²) in [7, 11) is 1.88. The quantitative estimate of drug-likeness (QED) is 0.730. The number of hydrogen-bond acceptors (Lipinski definition) is 4. The van der Waals surface area contributed by atoms with E-state index in [1.807, 2.05) is 35.9 Å². The Kier molecular flexibility index (Phi) is 3.22. The van der Waals surface area contributed by atoms with Crippen molar-refractivity contribution in [3.05, 3.63) is 40.3 Å². The van der Waals surface area contributed by atoms with E-state index in [1.54, 1.807) is 17.5 Å². The van der Waals surface area contributed by atoms with Gasteiger partial charge in [-0.2, -0.15) is 5.10 Å². The number of aromatic amines is 1. The number of aromatic nitrogens is 4. The lowest BCUT2D eigenvalue weighted by Gasteiger charge is -1.96. The first-order valence-electron chi connectivity index (χ1n) is 5.48. The molecule has 0 amide bonds. The predicted octanol–water partition coefficient (Wildman–Crippen LogP) is 3.92. The summed E-state index contributed by atoms with van der Waals surface area (Å²) >= 11 is 12.5. The lowest BCUT2D eigenvalue weighted by Crippen LogP contribution is -1.89. The Hall–Kier alpha value is -1.50. The molecule has 1 aromatic carbocycles. The van der Waals surface area contributed by atoms with E-state index in [0.717, 1.165) is 26.3 Å². The van der Waals surface area contributed by atoms with E-state index in [1.165, 1.54) is 0 Å². The first-order valence-corrected chi connectivity index (χ1v) is 7.09. The van der Waals surface area contributed by atoms with Crippen molar-refractivity contribution in [1.29, 1.82) is 0 Å². The highest BCUT2D eigenvalue weighted by atomic mass is 35.5. The fourth-order valence-corrected chi connectivity index (χ4v) is 2.88. The number of nitrogens with zero attached hydrogens (tertiary/aromatic N) is 3. The smallest absolute Gasteiger partial charge is 0.195 e. The predicted molar refractivity (Wildman–Crippen MR) is 79.9 cm³/mol. The van der Waals surface area contributed by atoms with Crippen LogP contribution in [0.3, 0.4) is 0 Å². The molecule has 96 valence electrons. The fourth-order valence-electron chi connectivity index (χ4n) is 1.67. The number of benzene rings is 1. The molecule has 1 N–H and O–H groups in total. The zero-order chi connectivity index (χ0) is 13.4. The van der Waals surface area contributed by atoms with Gasteiger partial charge in [0, 0.05) is 23.8 Å². The van der Waals surface area contributed by atoms with Gasteiger partial charge in [-0.05, 0) is 24.4 Å². The lowest BCUT2D eigenvalue weighted by molar-refractivity contribution is 0.903. The molecule has 0 fully saturated rings. The molecule has 0 saturated carbocycles. The highest BCUT2D eigenvalue weighted by Gasteiger charge is 2.11. The minimum absolute atomic E-state index is 0.594. The minimum atomic E-state index is 0.594. The Morgan fingerprint density at radius 3 is 2.68 bits per heavy atom. The van der Waals surface area contributed by atoms with Gasteiger partial charge in [0.15, 0.2) is 10.6 Å². The van der Waals surface area contributed by atoms with Crippen LogP contribution in [0.2, 0.25) is 5.02 Å². The summed E-state index contributed by atoms with van der Waals surface area (Å²) in [5.74, 6) is 0.794. The molecule has 0 bridgehead atoms. The summed E-state index contributed by atoms with van der Waals surface area (Å²) in [4.78, 5) is 5.39. The summed E-state index contributed by atoms with van der Waals surface area (Å²) in [6.07, 6.45) is 1.81. The molecule has 4 nitrogen and oxygen atoms in total. The van der Waals surface area contributed by atoms with Crippen LogP contribution < -0.4 is 0 Å². The van der Waals surface area contributed by atoms with Gasteiger partial charge in [0.1, 0.15) is 5.01 Å². The highest BCUT2D eigenvalue weighted by Crippen LogP contribution is 2.31. The van der Waals surface area contributed by atoms with Crippen LogP contribution in [0.25, 0.3) is 21.3 Å². The summed E-state index contributed by atoms with van der Waals surface area (Å²) in [5.41, 5.74) is 1.04. The van der Waals surface area contributed by atoms with E-state index in [0.29, 0.717) is 4.77 Å². The topological polar surface area (TPSA) is 46.5 Å². The first kappa shape index (κ1) is 12.5. The molecule has 0 atom stereocenters. The summed E-state index contributed by atoms with van der Waals surface area (Å²) in [6, 6.07) is 7.61. The van der Waals surface area contributed by atoms with E-state index >= 15 is 0 Å². The second-order valence-corrected chi connectivity index (χ2v) is 5.80. The zero-order valence-corrected chi connectivity index (χ0v) is 12.3. The molecule has 0 aliphatic carbocycles. The van der Waals surface area contributed by atoms with Crippen LogP contribution in [0.5, 0.6) is 0 Å². The largest absolute Gasteiger partial charge is 0.303 e. The van der Waals surface area contributed by atoms with Crippen LogP contribution in [0.15, 0.2) is 30.5 Å². The molecule has 0 unspecified atom stereocenters. The van der Waals surface area contributed by atoms with E-state index in [4.69, 9.17) is 23.8 Å². The number of thiazole rings is 1. The van der Waals surface area contributed by atoms with Crippen molar-refractivity contribution in [2.24, 2.45) is 7.05 Å². The monoisotopic (exact) mass is 308 g/mol. The Bertz CT molecular complexity index is 770. The average molecular weight is 309 g/mol. The van der Waals surface area contributed by atoms with Crippen molar-refractivity contribution in [3.63, 3.8) is 0 Å². The second-order valence-electron chi connectivity index (χ2n) is 3.95. The Morgan fingerprint density at radius 1 is 1.32 bits per heavy atom. The van der Waals surface area contributed by atoms with E-state index < -0.39 is 0 Å². The van der Waals surface area contributed by atoms with Gasteiger partial charge in [0.25, 0.3) is 0 Å². The average Bonchev–Trinajstić information content (AvgIpc) is 2.99. The molecule has 7 heteroatoms. The molecule has 0 aliphatic heterocycles. The number of hydrogen-bond donors (Lipinski definition) is 1. The number of halogens is 1.